The summed E-state index contributed by atoms with van der Waals surface area (Å²) in [6.45, 7) is 8.62. The van der Waals surface area contributed by atoms with Gasteiger partial charge in [-0.1, -0.05) is 24.6 Å². The van der Waals surface area contributed by atoms with Gasteiger partial charge in [-0.25, -0.2) is 4.68 Å². The number of aryl methyl sites for hydroxylation is 3. The summed E-state index contributed by atoms with van der Waals surface area (Å²) in [7, 11) is 0. The van der Waals surface area contributed by atoms with Gasteiger partial charge in [-0.2, -0.15) is 5.10 Å². The molecule has 130 valence electrons. The van der Waals surface area contributed by atoms with Crippen LogP contribution in [0.1, 0.15) is 40.7 Å². The van der Waals surface area contributed by atoms with Gasteiger partial charge in [0.1, 0.15) is 17.1 Å². The van der Waals surface area contributed by atoms with Crippen molar-refractivity contribution in [3.63, 3.8) is 0 Å². The first kappa shape index (κ1) is 17.0. The van der Waals surface area contributed by atoms with Gasteiger partial charge < -0.3 is 9.73 Å². The molecule has 5 heteroatoms. The van der Waals surface area contributed by atoms with E-state index in [9.17, 15) is 4.79 Å². The number of benzene rings is 1. The zero-order valence-electron chi connectivity index (χ0n) is 15.1. The van der Waals surface area contributed by atoms with Gasteiger partial charge in [0.25, 0.3) is 5.91 Å². The summed E-state index contributed by atoms with van der Waals surface area (Å²) in [5.41, 5.74) is 4.28. The Bertz CT molecular complexity index is 906. The SMILES string of the molecule is CCCNC(=O)c1cc(-c2ccc(C)o2)nn1-c1ccc(C)cc1C. The summed E-state index contributed by atoms with van der Waals surface area (Å²) < 4.78 is 7.38. The number of nitrogens with one attached hydrogen (secondary N) is 1. The van der Waals surface area contributed by atoms with Crippen molar-refractivity contribution in [2.24, 2.45) is 0 Å². The van der Waals surface area contributed by atoms with Crippen molar-refractivity contribution in [2.75, 3.05) is 6.54 Å². The van der Waals surface area contributed by atoms with Crippen molar-refractivity contribution in [3.05, 3.63) is 59.0 Å². The van der Waals surface area contributed by atoms with Crippen LogP contribution in [-0.4, -0.2) is 22.2 Å². The molecule has 1 N–H and O–H groups in total. The van der Waals surface area contributed by atoms with E-state index in [0.29, 0.717) is 23.7 Å². The fourth-order valence-electron chi connectivity index (χ4n) is 2.79. The lowest BCUT2D eigenvalue weighted by molar-refractivity contribution is 0.0946. The molecule has 0 unspecified atom stereocenters. The summed E-state index contributed by atoms with van der Waals surface area (Å²) in [6, 6.07) is 11.6. The molecule has 0 fully saturated rings. The number of carbonyl (C=O) groups is 1. The van der Waals surface area contributed by atoms with Gasteiger partial charge in [0.2, 0.25) is 0 Å². The highest BCUT2D eigenvalue weighted by Gasteiger charge is 2.19. The van der Waals surface area contributed by atoms with Crippen molar-refractivity contribution in [3.8, 4) is 17.1 Å². The van der Waals surface area contributed by atoms with Crippen LogP contribution in [0.2, 0.25) is 0 Å². The van der Waals surface area contributed by atoms with Gasteiger partial charge >= 0.3 is 0 Å². The molecule has 0 bridgehead atoms. The number of amides is 1. The van der Waals surface area contributed by atoms with Gasteiger partial charge in [-0.3, -0.25) is 4.79 Å². The molecule has 3 aromatic rings. The molecular weight excluding hydrogens is 314 g/mol. The molecule has 0 radical (unpaired) electrons. The van der Waals surface area contributed by atoms with Crippen LogP contribution in [-0.2, 0) is 0 Å². The first-order valence-electron chi connectivity index (χ1n) is 8.52. The highest BCUT2D eigenvalue weighted by molar-refractivity contribution is 5.94. The first-order chi connectivity index (χ1) is 12.0. The number of carbonyl (C=O) groups excluding carboxylic acids is 1. The predicted octanol–water partition coefficient (Wildman–Crippen LogP) is 4.20. The molecule has 0 aliphatic heterocycles. The van der Waals surface area contributed by atoms with Crippen LogP contribution in [0.3, 0.4) is 0 Å². The fraction of sp³-hybridized carbons (Fsp3) is 0.300. The maximum absolute atomic E-state index is 12.6. The molecule has 0 spiro atoms. The number of hydrogen-bond acceptors (Lipinski definition) is 3. The van der Waals surface area contributed by atoms with E-state index in [1.165, 1.54) is 5.56 Å². The summed E-state index contributed by atoms with van der Waals surface area (Å²) in [6.07, 6.45) is 0.883. The lowest BCUT2D eigenvalue weighted by atomic mass is 10.1. The number of nitrogens with zero attached hydrogens (tertiary/aromatic N) is 2. The van der Waals surface area contributed by atoms with E-state index in [4.69, 9.17) is 4.42 Å². The fourth-order valence-corrected chi connectivity index (χ4v) is 2.79. The Hall–Kier alpha value is -2.82. The molecule has 1 aromatic carbocycles. The summed E-state index contributed by atoms with van der Waals surface area (Å²) in [5.74, 6) is 1.34. The molecule has 5 nitrogen and oxygen atoms in total. The molecule has 0 saturated heterocycles. The van der Waals surface area contributed by atoms with E-state index >= 15 is 0 Å². The zero-order chi connectivity index (χ0) is 18.0. The molecule has 3 rings (SSSR count). The lowest BCUT2D eigenvalue weighted by Crippen LogP contribution is -2.26. The number of hydrogen-bond donors (Lipinski definition) is 1. The van der Waals surface area contributed by atoms with E-state index < -0.39 is 0 Å². The molecular formula is C20H23N3O2. The van der Waals surface area contributed by atoms with Gasteiger partial charge in [-0.15, -0.1) is 0 Å². The van der Waals surface area contributed by atoms with Crippen LogP contribution >= 0.6 is 0 Å². The molecule has 2 heterocycles. The van der Waals surface area contributed by atoms with Gasteiger partial charge in [0, 0.05) is 12.6 Å². The minimum atomic E-state index is -0.135. The van der Waals surface area contributed by atoms with Crippen molar-refractivity contribution >= 4 is 5.91 Å². The van der Waals surface area contributed by atoms with Crippen LogP contribution in [0.4, 0.5) is 0 Å². The Morgan fingerprint density at radius 3 is 2.60 bits per heavy atom. The van der Waals surface area contributed by atoms with Crippen molar-refractivity contribution < 1.29 is 9.21 Å². The minimum absolute atomic E-state index is 0.135. The van der Waals surface area contributed by atoms with Crippen LogP contribution in [0.15, 0.2) is 40.8 Å². The molecule has 25 heavy (non-hydrogen) atoms. The van der Waals surface area contributed by atoms with Crippen molar-refractivity contribution in [1.82, 2.24) is 15.1 Å². The predicted molar refractivity (Wildman–Crippen MR) is 98.1 cm³/mol. The van der Waals surface area contributed by atoms with E-state index in [1.54, 1.807) is 10.7 Å². The average Bonchev–Trinajstić information content (AvgIpc) is 3.19. The molecule has 0 aliphatic carbocycles. The quantitative estimate of drug-likeness (QED) is 0.759. The van der Waals surface area contributed by atoms with Gasteiger partial charge in [0.15, 0.2) is 5.76 Å². The second-order valence-corrected chi connectivity index (χ2v) is 6.28. The standard InChI is InChI=1S/C20H23N3O2/c1-5-10-21-20(24)18-12-16(19-9-7-15(4)25-19)22-23(18)17-8-6-13(2)11-14(17)3/h6-9,11-12H,5,10H2,1-4H3,(H,21,24). The molecule has 2 aromatic heterocycles. The van der Waals surface area contributed by atoms with Crippen molar-refractivity contribution in [2.45, 2.75) is 34.1 Å². The number of aromatic nitrogens is 2. The van der Waals surface area contributed by atoms with Crippen molar-refractivity contribution in [1.29, 1.82) is 0 Å². The van der Waals surface area contributed by atoms with E-state index in [0.717, 1.165) is 23.4 Å². The number of rotatable bonds is 5. The lowest BCUT2D eigenvalue weighted by Gasteiger charge is -2.11. The third-order valence-electron chi connectivity index (χ3n) is 4.05. The van der Waals surface area contributed by atoms with Crippen LogP contribution in [0.25, 0.3) is 17.1 Å². The maximum Gasteiger partial charge on any atom is 0.270 e. The summed E-state index contributed by atoms with van der Waals surface area (Å²) >= 11 is 0. The van der Waals surface area contributed by atoms with E-state index in [2.05, 4.69) is 16.5 Å². The highest BCUT2D eigenvalue weighted by atomic mass is 16.3. The zero-order valence-corrected chi connectivity index (χ0v) is 15.1. The average molecular weight is 337 g/mol. The minimum Gasteiger partial charge on any atom is -0.460 e. The normalized spacial score (nSPS) is 10.9. The molecule has 0 aliphatic rings. The Labute approximate surface area is 147 Å². The second-order valence-electron chi connectivity index (χ2n) is 6.28. The van der Waals surface area contributed by atoms with Crippen LogP contribution in [0.5, 0.6) is 0 Å². The maximum atomic E-state index is 12.6. The summed E-state index contributed by atoms with van der Waals surface area (Å²) in [4.78, 5) is 12.6. The first-order valence-corrected chi connectivity index (χ1v) is 8.52. The molecule has 0 atom stereocenters. The smallest absolute Gasteiger partial charge is 0.270 e. The number of furan rings is 1. The Morgan fingerprint density at radius 2 is 1.96 bits per heavy atom. The monoisotopic (exact) mass is 337 g/mol. The van der Waals surface area contributed by atoms with E-state index in [1.807, 2.05) is 52.0 Å². The third kappa shape index (κ3) is 3.50. The van der Waals surface area contributed by atoms with Gasteiger partial charge in [0.05, 0.1) is 5.69 Å². The highest BCUT2D eigenvalue weighted by Crippen LogP contribution is 2.25. The third-order valence-corrected chi connectivity index (χ3v) is 4.05. The Kier molecular flexibility index (Phi) is 4.74. The topological polar surface area (TPSA) is 60.1 Å². The van der Waals surface area contributed by atoms with Crippen LogP contribution < -0.4 is 5.32 Å². The van der Waals surface area contributed by atoms with E-state index in [-0.39, 0.29) is 5.91 Å². The van der Waals surface area contributed by atoms with Gasteiger partial charge in [-0.05, 0) is 51.0 Å². The molecule has 0 saturated carbocycles. The van der Waals surface area contributed by atoms with Crippen LogP contribution in [0, 0.1) is 20.8 Å². The Morgan fingerprint density at radius 1 is 1.16 bits per heavy atom. The summed E-state index contributed by atoms with van der Waals surface area (Å²) in [5, 5.41) is 7.58. The second kappa shape index (κ2) is 6.97. The largest absolute Gasteiger partial charge is 0.460 e. The molecule has 1 amide bonds. The Balaban J connectivity index is 2.11.